The van der Waals surface area contributed by atoms with Crippen LogP contribution in [0, 0.1) is 0 Å². The van der Waals surface area contributed by atoms with E-state index in [0.717, 1.165) is 15.9 Å². The van der Waals surface area contributed by atoms with Crippen LogP contribution in [0.5, 0.6) is 11.5 Å². The van der Waals surface area contributed by atoms with Crippen LogP contribution in [0.4, 0.5) is 19.0 Å². The Kier molecular flexibility index (Phi) is 6.70. The molecule has 0 unspecified atom stereocenters. The summed E-state index contributed by atoms with van der Waals surface area (Å²) in [6.45, 7) is 0.185. The van der Waals surface area contributed by atoms with Crippen molar-refractivity contribution < 1.29 is 27.4 Å². The van der Waals surface area contributed by atoms with Crippen LogP contribution in [0.2, 0.25) is 0 Å². The smallest absolute Gasteiger partial charge is 0.410 e. The molecule has 9 nitrogen and oxygen atoms in total. The van der Waals surface area contributed by atoms with E-state index < -0.39 is 24.2 Å². The first-order chi connectivity index (χ1) is 18.3. The largest absolute Gasteiger partial charge is 0.493 e. The molecule has 3 heterocycles. The van der Waals surface area contributed by atoms with E-state index >= 15 is 0 Å². The molecule has 4 aromatic rings. The third kappa shape index (κ3) is 5.01. The van der Waals surface area contributed by atoms with Gasteiger partial charge >= 0.3 is 6.18 Å². The number of ether oxygens (including phenoxy) is 2. The van der Waals surface area contributed by atoms with E-state index in [1.54, 1.807) is 29.1 Å². The number of nitrogens with zero attached hydrogens (tertiary/aromatic N) is 4. The summed E-state index contributed by atoms with van der Waals surface area (Å²) in [7, 11) is 2.94. The van der Waals surface area contributed by atoms with Gasteiger partial charge in [-0.3, -0.25) is 4.79 Å². The number of aromatic nitrogens is 4. The first-order valence-corrected chi connectivity index (χ1v) is 11.8. The first-order valence-electron chi connectivity index (χ1n) is 11.8. The maximum atomic E-state index is 14.0. The molecule has 0 aliphatic carbocycles. The van der Waals surface area contributed by atoms with Gasteiger partial charge in [-0.2, -0.15) is 23.4 Å². The lowest BCUT2D eigenvalue weighted by Gasteiger charge is -2.33. The Labute approximate surface area is 216 Å². The highest BCUT2D eigenvalue weighted by atomic mass is 19.4. The zero-order chi connectivity index (χ0) is 26.9. The third-order valence-electron chi connectivity index (χ3n) is 6.39. The van der Waals surface area contributed by atoms with Gasteiger partial charge in [-0.15, -0.1) is 0 Å². The van der Waals surface area contributed by atoms with Gasteiger partial charge in [-0.25, -0.2) is 9.36 Å². The Bertz CT molecular complexity index is 1420. The number of hydrogen-bond donors (Lipinski definition) is 2. The molecule has 0 saturated carbocycles. The zero-order valence-electron chi connectivity index (χ0n) is 20.6. The Morgan fingerprint density at radius 3 is 2.53 bits per heavy atom. The molecule has 0 spiro atoms. The summed E-state index contributed by atoms with van der Waals surface area (Å²) in [5.41, 5.74) is 2.16. The van der Waals surface area contributed by atoms with E-state index in [9.17, 15) is 18.0 Å². The summed E-state index contributed by atoms with van der Waals surface area (Å²) in [4.78, 5) is 12.8. The van der Waals surface area contributed by atoms with Crippen molar-refractivity contribution in [1.82, 2.24) is 24.9 Å². The second-order valence-electron chi connectivity index (χ2n) is 8.76. The number of carbonyl (C=O) groups excluding carboxylic acids is 1. The summed E-state index contributed by atoms with van der Waals surface area (Å²) < 4.78 is 55.2. The SMILES string of the molecule is COc1ccc([C@@H]2C[C@H](C(F)(F)F)n3nc(C(=O)NCc4ccc(-n5cccn5)cc4)cc3N2)cc1OC. The van der Waals surface area contributed by atoms with Crippen molar-refractivity contribution in [3.63, 3.8) is 0 Å². The van der Waals surface area contributed by atoms with Crippen LogP contribution in [-0.4, -0.2) is 45.9 Å². The molecule has 0 saturated heterocycles. The minimum atomic E-state index is -4.57. The van der Waals surface area contributed by atoms with Crippen molar-refractivity contribution in [3.05, 3.63) is 83.8 Å². The second-order valence-corrected chi connectivity index (χ2v) is 8.76. The molecule has 38 heavy (non-hydrogen) atoms. The van der Waals surface area contributed by atoms with Crippen molar-refractivity contribution in [2.45, 2.75) is 31.2 Å². The molecule has 0 fully saturated rings. The van der Waals surface area contributed by atoms with E-state index in [-0.39, 0.29) is 24.5 Å². The van der Waals surface area contributed by atoms with Gasteiger partial charge in [0, 0.05) is 31.4 Å². The fourth-order valence-corrected chi connectivity index (χ4v) is 4.43. The first kappa shape index (κ1) is 25.2. The van der Waals surface area contributed by atoms with Gasteiger partial charge in [0.2, 0.25) is 0 Å². The Morgan fingerprint density at radius 2 is 1.87 bits per heavy atom. The molecule has 198 valence electrons. The van der Waals surface area contributed by atoms with Gasteiger partial charge in [0.05, 0.1) is 25.9 Å². The van der Waals surface area contributed by atoms with Crippen LogP contribution in [0.3, 0.4) is 0 Å². The number of hydrogen-bond acceptors (Lipinski definition) is 6. The minimum absolute atomic E-state index is 0.104. The zero-order valence-corrected chi connectivity index (χ0v) is 20.6. The van der Waals surface area contributed by atoms with Crippen molar-refractivity contribution in [1.29, 1.82) is 0 Å². The molecule has 1 amide bonds. The van der Waals surface area contributed by atoms with Gasteiger partial charge < -0.3 is 20.1 Å². The fraction of sp³-hybridized carbons (Fsp3) is 0.269. The molecule has 0 radical (unpaired) electrons. The van der Waals surface area contributed by atoms with Crippen molar-refractivity contribution in [3.8, 4) is 17.2 Å². The molecule has 1 aliphatic heterocycles. The average Bonchev–Trinajstić information content (AvgIpc) is 3.61. The van der Waals surface area contributed by atoms with Crippen molar-refractivity contribution >= 4 is 11.7 Å². The lowest BCUT2D eigenvalue weighted by atomic mass is 9.96. The quantitative estimate of drug-likeness (QED) is 0.363. The molecule has 2 atom stereocenters. The molecular formula is C26H25F3N6O3. The highest BCUT2D eigenvalue weighted by Gasteiger charge is 2.47. The van der Waals surface area contributed by atoms with E-state index in [4.69, 9.17) is 9.47 Å². The monoisotopic (exact) mass is 526 g/mol. The van der Waals surface area contributed by atoms with Gasteiger partial charge in [-0.1, -0.05) is 18.2 Å². The van der Waals surface area contributed by atoms with Gasteiger partial charge in [0.1, 0.15) is 5.82 Å². The number of methoxy groups -OCH3 is 2. The number of nitrogens with one attached hydrogen (secondary N) is 2. The van der Waals surface area contributed by atoms with Crippen LogP contribution >= 0.6 is 0 Å². The predicted octanol–water partition coefficient (Wildman–Crippen LogP) is 4.68. The summed E-state index contributed by atoms with van der Waals surface area (Å²) in [5.74, 6) is 0.409. The number of carbonyl (C=O) groups is 1. The third-order valence-corrected chi connectivity index (χ3v) is 6.39. The van der Waals surface area contributed by atoms with E-state index in [1.165, 1.54) is 20.3 Å². The second kappa shape index (κ2) is 10.1. The number of fused-ring (bicyclic) bond motifs is 1. The number of benzene rings is 2. The molecule has 2 N–H and O–H groups in total. The van der Waals surface area contributed by atoms with Crippen LogP contribution in [0.25, 0.3) is 5.69 Å². The summed E-state index contributed by atoms with van der Waals surface area (Å²) in [5, 5.41) is 14.0. The van der Waals surface area contributed by atoms with Gasteiger partial charge in [-0.05, 0) is 41.5 Å². The number of rotatable bonds is 7. The molecule has 2 aromatic carbocycles. The van der Waals surface area contributed by atoms with E-state index in [2.05, 4.69) is 20.8 Å². The van der Waals surface area contributed by atoms with Crippen molar-refractivity contribution in [2.75, 3.05) is 19.5 Å². The van der Waals surface area contributed by atoms with E-state index in [1.807, 2.05) is 36.5 Å². The molecule has 5 rings (SSSR count). The topological polar surface area (TPSA) is 95.2 Å². The fourth-order valence-electron chi connectivity index (χ4n) is 4.43. The Hall–Kier alpha value is -4.48. The van der Waals surface area contributed by atoms with Crippen LogP contribution in [-0.2, 0) is 6.54 Å². The standard InChI is InChI=1S/C26H25F3N6O3/c1-37-21-9-6-17(12-22(21)38-2)19-13-23(26(27,28)29)35-24(32-19)14-20(33-35)25(36)30-15-16-4-7-18(8-5-16)34-11-3-10-31-34/h3-12,14,19,23,32H,13,15H2,1-2H3,(H,30,36)/t19-,23+/m0/s1. The van der Waals surface area contributed by atoms with E-state index in [0.29, 0.717) is 17.1 Å². The Morgan fingerprint density at radius 1 is 1.11 bits per heavy atom. The van der Waals surface area contributed by atoms with Gasteiger partial charge in [0.15, 0.2) is 23.2 Å². The average molecular weight is 527 g/mol. The molecule has 12 heteroatoms. The minimum Gasteiger partial charge on any atom is -0.493 e. The van der Waals surface area contributed by atoms with Crippen LogP contribution < -0.4 is 20.1 Å². The summed E-state index contributed by atoms with van der Waals surface area (Å²) >= 11 is 0. The summed E-state index contributed by atoms with van der Waals surface area (Å²) in [6.07, 6.45) is -1.39. The van der Waals surface area contributed by atoms with Crippen LogP contribution in [0.1, 0.15) is 40.1 Å². The number of amides is 1. The van der Waals surface area contributed by atoms with Gasteiger partial charge in [0.25, 0.3) is 5.91 Å². The maximum absolute atomic E-state index is 14.0. The highest BCUT2D eigenvalue weighted by molar-refractivity contribution is 5.93. The number of alkyl halides is 3. The number of halogens is 3. The molecular weight excluding hydrogens is 501 g/mol. The molecule has 1 aliphatic rings. The summed E-state index contributed by atoms with van der Waals surface area (Å²) in [6, 6.07) is 12.9. The highest BCUT2D eigenvalue weighted by Crippen LogP contribution is 2.44. The number of anilines is 1. The lowest BCUT2D eigenvalue weighted by molar-refractivity contribution is -0.173. The predicted molar refractivity (Wildman–Crippen MR) is 133 cm³/mol. The van der Waals surface area contributed by atoms with Crippen molar-refractivity contribution in [2.24, 2.45) is 0 Å². The Balaban J connectivity index is 1.33. The molecule has 2 aromatic heterocycles. The lowest BCUT2D eigenvalue weighted by Crippen LogP contribution is -2.35. The normalized spacial score (nSPS) is 16.9. The maximum Gasteiger partial charge on any atom is 0.410 e. The van der Waals surface area contributed by atoms with Crippen LogP contribution in [0.15, 0.2) is 67.0 Å². The molecule has 0 bridgehead atoms.